The summed E-state index contributed by atoms with van der Waals surface area (Å²) in [4.78, 5) is 2.39. The van der Waals surface area contributed by atoms with Gasteiger partial charge in [-0.1, -0.05) is 121 Å². The van der Waals surface area contributed by atoms with Gasteiger partial charge in [-0.05, 0) is 105 Å². The van der Waals surface area contributed by atoms with E-state index in [1.807, 2.05) is 11.3 Å². The Morgan fingerprint density at radius 3 is 1.98 bits per heavy atom. The molecule has 0 radical (unpaired) electrons. The highest BCUT2D eigenvalue weighted by Crippen LogP contribution is 2.44. The van der Waals surface area contributed by atoms with Gasteiger partial charge in [0.2, 0.25) is 0 Å². The van der Waals surface area contributed by atoms with Crippen LogP contribution in [0.4, 0.5) is 17.1 Å². The second kappa shape index (κ2) is 11.9. The first-order chi connectivity index (χ1) is 26.2. The Labute approximate surface area is 310 Å². The summed E-state index contributed by atoms with van der Waals surface area (Å²) in [6.45, 7) is 0. The minimum Gasteiger partial charge on any atom is -0.455 e. The largest absolute Gasteiger partial charge is 0.455 e. The lowest BCUT2D eigenvalue weighted by Gasteiger charge is -2.26. The van der Waals surface area contributed by atoms with Crippen LogP contribution < -0.4 is 4.90 Å². The Bertz CT molecular complexity index is 3190. The van der Waals surface area contributed by atoms with Crippen LogP contribution in [0, 0.1) is 0 Å². The fourth-order valence-corrected chi connectivity index (χ4v) is 9.17. The molecule has 9 aromatic carbocycles. The van der Waals surface area contributed by atoms with Crippen molar-refractivity contribution in [3.05, 3.63) is 188 Å². The Hall–Kier alpha value is -6.68. The van der Waals surface area contributed by atoms with Crippen LogP contribution in [0.15, 0.2) is 192 Å². The van der Waals surface area contributed by atoms with Gasteiger partial charge in [0.1, 0.15) is 11.2 Å². The maximum absolute atomic E-state index is 6.57. The second-order valence-corrected chi connectivity index (χ2v) is 14.8. The summed E-state index contributed by atoms with van der Waals surface area (Å²) >= 11 is 1.85. The first kappa shape index (κ1) is 30.0. The third-order valence-electron chi connectivity index (χ3n) is 10.6. The van der Waals surface area contributed by atoms with Crippen LogP contribution in [0.25, 0.3) is 85.9 Å². The van der Waals surface area contributed by atoms with Gasteiger partial charge in [0.05, 0.1) is 0 Å². The number of thiophene rings is 1. The lowest BCUT2D eigenvalue weighted by molar-refractivity contribution is 0.673. The third kappa shape index (κ3) is 4.93. The molecule has 0 N–H and O–H groups in total. The molecule has 53 heavy (non-hydrogen) atoms. The molecule has 2 nitrogen and oxygen atoms in total. The Balaban J connectivity index is 1.08. The normalized spacial score (nSPS) is 11.8. The molecule has 0 saturated heterocycles. The number of fused-ring (bicyclic) bond motifs is 9. The van der Waals surface area contributed by atoms with Crippen LogP contribution in [-0.2, 0) is 0 Å². The monoisotopic (exact) mass is 693 g/mol. The first-order valence-electron chi connectivity index (χ1n) is 18.0. The first-order valence-corrected chi connectivity index (χ1v) is 18.8. The van der Waals surface area contributed by atoms with Gasteiger partial charge in [-0.2, -0.15) is 0 Å². The third-order valence-corrected chi connectivity index (χ3v) is 11.8. The summed E-state index contributed by atoms with van der Waals surface area (Å²) in [7, 11) is 0. The van der Waals surface area contributed by atoms with Crippen molar-refractivity contribution in [1.29, 1.82) is 0 Å². The number of hydrogen-bond acceptors (Lipinski definition) is 3. The molecule has 0 saturated carbocycles. The van der Waals surface area contributed by atoms with E-state index in [-0.39, 0.29) is 0 Å². The summed E-state index contributed by atoms with van der Waals surface area (Å²) in [6.07, 6.45) is 0. The van der Waals surface area contributed by atoms with E-state index < -0.39 is 0 Å². The molecule has 0 atom stereocenters. The SMILES string of the molecule is c1cc(-c2cccc3oc4c5ccccc5ccc4c23)cc(N(c2ccc(-c3ccc4ccccc4c3)cc2)c2ccc3sc4ccccc4c3c2)c1. The van der Waals surface area contributed by atoms with E-state index in [0.29, 0.717) is 0 Å². The van der Waals surface area contributed by atoms with Crippen LogP contribution in [0.2, 0.25) is 0 Å². The van der Waals surface area contributed by atoms with Crippen molar-refractivity contribution in [3.8, 4) is 22.3 Å². The van der Waals surface area contributed by atoms with Crippen molar-refractivity contribution in [2.24, 2.45) is 0 Å². The predicted molar refractivity (Wildman–Crippen MR) is 227 cm³/mol. The number of nitrogens with zero attached hydrogens (tertiary/aromatic N) is 1. The van der Waals surface area contributed by atoms with Crippen molar-refractivity contribution in [1.82, 2.24) is 0 Å². The van der Waals surface area contributed by atoms with Crippen LogP contribution in [0.3, 0.4) is 0 Å². The Kier molecular flexibility index (Phi) is 6.76. The lowest BCUT2D eigenvalue weighted by Crippen LogP contribution is -2.10. The molecule has 11 aromatic rings. The smallest absolute Gasteiger partial charge is 0.143 e. The fourth-order valence-electron chi connectivity index (χ4n) is 8.08. The maximum atomic E-state index is 6.57. The molecule has 3 heteroatoms. The van der Waals surface area contributed by atoms with Gasteiger partial charge in [-0.25, -0.2) is 0 Å². The standard InChI is InChI=1S/C50H31NOS/c1-2-11-35-29-36(20-19-32(35)9-1)33-21-24-38(25-22-33)51(40-26-28-48-45(31-40)43-15-5-6-18-47(43)53-48)39-13-7-12-37(30-39)41-16-8-17-46-49(41)44-27-23-34-10-3-4-14-42(34)50(44)52-46/h1-31H. The van der Waals surface area contributed by atoms with Crippen molar-refractivity contribution in [2.75, 3.05) is 4.90 Å². The minimum absolute atomic E-state index is 0.898. The molecule has 0 amide bonds. The van der Waals surface area contributed by atoms with Crippen molar-refractivity contribution in [2.45, 2.75) is 0 Å². The zero-order valence-corrected chi connectivity index (χ0v) is 29.5. The molecule has 0 spiro atoms. The van der Waals surface area contributed by atoms with Gasteiger partial charge >= 0.3 is 0 Å². The topological polar surface area (TPSA) is 16.4 Å². The molecule has 0 aliphatic carbocycles. The molecule has 2 aromatic heterocycles. The van der Waals surface area contributed by atoms with Crippen molar-refractivity contribution < 1.29 is 4.42 Å². The Morgan fingerprint density at radius 1 is 0.377 bits per heavy atom. The van der Waals surface area contributed by atoms with Crippen LogP contribution >= 0.6 is 11.3 Å². The van der Waals surface area contributed by atoms with Gasteiger partial charge in [0.15, 0.2) is 0 Å². The number of anilines is 3. The van der Waals surface area contributed by atoms with E-state index in [9.17, 15) is 0 Å². The molecular weight excluding hydrogens is 663 g/mol. The van der Waals surface area contributed by atoms with E-state index in [2.05, 4.69) is 193 Å². The number of rotatable bonds is 5. The lowest BCUT2D eigenvalue weighted by atomic mass is 9.97. The van der Waals surface area contributed by atoms with Crippen LogP contribution in [0.1, 0.15) is 0 Å². The van der Waals surface area contributed by atoms with Crippen molar-refractivity contribution in [3.63, 3.8) is 0 Å². The van der Waals surface area contributed by atoms with E-state index in [1.165, 1.54) is 47.5 Å². The molecule has 0 fully saturated rings. The molecule has 248 valence electrons. The second-order valence-electron chi connectivity index (χ2n) is 13.7. The number of hydrogen-bond donors (Lipinski definition) is 0. The highest BCUT2D eigenvalue weighted by atomic mass is 32.1. The maximum Gasteiger partial charge on any atom is 0.143 e. The minimum atomic E-state index is 0.898. The van der Waals surface area contributed by atoms with E-state index in [0.717, 1.165) is 55.5 Å². The molecular formula is C50H31NOS. The average Bonchev–Trinajstić information content (AvgIpc) is 3.80. The number of benzene rings is 9. The van der Waals surface area contributed by atoms with Crippen LogP contribution in [0.5, 0.6) is 0 Å². The number of furan rings is 1. The molecule has 0 aliphatic heterocycles. The molecule has 11 rings (SSSR count). The van der Waals surface area contributed by atoms with Gasteiger partial charge in [0, 0.05) is 53.4 Å². The molecule has 2 heterocycles. The molecule has 0 aliphatic rings. The van der Waals surface area contributed by atoms with E-state index in [4.69, 9.17) is 4.42 Å². The summed E-state index contributed by atoms with van der Waals surface area (Å²) in [5.41, 5.74) is 9.85. The van der Waals surface area contributed by atoms with Gasteiger partial charge in [0.25, 0.3) is 0 Å². The van der Waals surface area contributed by atoms with Gasteiger partial charge in [-0.3, -0.25) is 0 Å². The quantitative estimate of drug-likeness (QED) is 0.178. The average molecular weight is 694 g/mol. The summed E-state index contributed by atoms with van der Waals surface area (Å²) in [5.74, 6) is 0. The highest BCUT2D eigenvalue weighted by Gasteiger charge is 2.19. The van der Waals surface area contributed by atoms with E-state index in [1.54, 1.807) is 0 Å². The van der Waals surface area contributed by atoms with Crippen LogP contribution in [-0.4, -0.2) is 0 Å². The Morgan fingerprint density at radius 2 is 1.08 bits per heavy atom. The fraction of sp³-hybridized carbons (Fsp3) is 0. The predicted octanol–water partition coefficient (Wildman–Crippen LogP) is 15.1. The van der Waals surface area contributed by atoms with E-state index >= 15 is 0 Å². The highest BCUT2D eigenvalue weighted by molar-refractivity contribution is 7.25. The summed E-state index contributed by atoms with van der Waals surface area (Å²) in [5, 5.41) is 9.66. The molecule has 0 unspecified atom stereocenters. The van der Waals surface area contributed by atoms with Crippen molar-refractivity contribution >= 4 is 92.1 Å². The van der Waals surface area contributed by atoms with Gasteiger partial charge < -0.3 is 9.32 Å². The van der Waals surface area contributed by atoms with Gasteiger partial charge in [-0.15, -0.1) is 11.3 Å². The zero-order valence-electron chi connectivity index (χ0n) is 28.7. The summed E-state index contributed by atoms with van der Waals surface area (Å²) < 4.78 is 9.17. The molecule has 0 bridgehead atoms. The zero-order chi connectivity index (χ0) is 34.9. The summed E-state index contributed by atoms with van der Waals surface area (Å²) in [6, 6.07) is 68.1.